The van der Waals surface area contributed by atoms with E-state index >= 15 is 0 Å². The molecule has 1 aliphatic rings. The highest BCUT2D eigenvalue weighted by Gasteiger charge is 2.29. The van der Waals surface area contributed by atoms with Gasteiger partial charge in [0.1, 0.15) is 17.5 Å². The first-order chi connectivity index (χ1) is 18.8. The molecule has 202 valence electrons. The first-order valence-corrected chi connectivity index (χ1v) is 11.9. The molecule has 10 heteroatoms. The fraction of sp³-hybridized carbons (Fsp3) is 0.207. The standard InChI is InChI=1S/C29H27NO9/c1-35-22-12-9-18(27(36-2)28(22)37-3)14-24-26(32)20-11-10-19(15-23(20)39-24)38-16-25(31)30-21(29(33)34)13-17-7-5-4-6-8-17/h4-12,14-15,21H,13,16H2,1-3H3,(H,30,31)(H,33,34)/b24-14-/t21-/m0/s1. The van der Waals surface area contributed by atoms with Crippen LogP contribution < -0.4 is 29.0 Å². The lowest BCUT2D eigenvalue weighted by Crippen LogP contribution is -2.44. The Morgan fingerprint density at radius 2 is 1.72 bits per heavy atom. The van der Waals surface area contributed by atoms with Gasteiger partial charge < -0.3 is 34.1 Å². The van der Waals surface area contributed by atoms with E-state index in [2.05, 4.69) is 5.32 Å². The molecule has 0 spiro atoms. The Morgan fingerprint density at radius 3 is 2.38 bits per heavy atom. The Morgan fingerprint density at radius 1 is 0.974 bits per heavy atom. The summed E-state index contributed by atoms with van der Waals surface area (Å²) >= 11 is 0. The Kier molecular flexibility index (Phi) is 8.35. The number of ketones is 1. The van der Waals surface area contributed by atoms with E-state index in [0.29, 0.717) is 28.4 Å². The van der Waals surface area contributed by atoms with Crippen LogP contribution in [0.2, 0.25) is 0 Å². The maximum absolute atomic E-state index is 12.9. The van der Waals surface area contributed by atoms with Gasteiger partial charge in [-0.05, 0) is 35.9 Å². The number of rotatable bonds is 11. The summed E-state index contributed by atoms with van der Waals surface area (Å²) in [6, 6.07) is 15.8. The maximum Gasteiger partial charge on any atom is 0.326 e. The fourth-order valence-corrected chi connectivity index (χ4v) is 4.07. The van der Waals surface area contributed by atoms with Crippen LogP contribution in [0, 0.1) is 0 Å². The van der Waals surface area contributed by atoms with Crippen LogP contribution in [0.4, 0.5) is 0 Å². The summed E-state index contributed by atoms with van der Waals surface area (Å²) < 4.78 is 27.5. The van der Waals surface area contributed by atoms with Crippen LogP contribution in [0.3, 0.4) is 0 Å². The quantitative estimate of drug-likeness (QED) is 0.356. The minimum Gasteiger partial charge on any atom is -0.493 e. The Labute approximate surface area is 224 Å². The van der Waals surface area contributed by atoms with Crippen molar-refractivity contribution in [3.63, 3.8) is 0 Å². The molecule has 0 unspecified atom stereocenters. The maximum atomic E-state index is 12.9. The summed E-state index contributed by atoms with van der Waals surface area (Å²) in [5.74, 6) is -0.267. The van der Waals surface area contributed by atoms with Gasteiger partial charge in [0.05, 0.1) is 26.9 Å². The van der Waals surface area contributed by atoms with Gasteiger partial charge in [-0.3, -0.25) is 9.59 Å². The van der Waals surface area contributed by atoms with Crippen molar-refractivity contribution in [1.82, 2.24) is 5.32 Å². The fourth-order valence-electron chi connectivity index (χ4n) is 4.07. The SMILES string of the molecule is COc1ccc(/C=C2\Oc3cc(OCC(=O)N[C@@H](Cc4ccccc4)C(=O)O)ccc3C2=O)c(OC)c1OC. The first-order valence-electron chi connectivity index (χ1n) is 11.9. The minimum absolute atomic E-state index is 0.0654. The highest BCUT2D eigenvalue weighted by molar-refractivity contribution is 6.14. The molecule has 0 saturated carbocycles. The van der Waals surface area contributed by atoms with E-state index in [-0.39, 0.29) is 29.5 Å². The molecule has 39 heavy (non-hydrogen) atoms. The number of hydrogen-bond acceptors (Lipinski definition) is 8. The number of carboxylic acids is 1. The lowest BCUT2D eigenvalue weighted by Gasteiger charge is -2.15. The zero-order chi connectivity index (χ0) is 27.9. The molecule has 0 aromatic heterocycles. The zero-order valence-electron chi connectivity index (χ0n) is 21.6. The van der Waals surface area contributed by atoms with Gasteiger partial charge >= 0.3 is 5.97 Å². The normalized spacial score (nSPS) is 13.7. The molecule has 0 fully saturated rings. The van der Waals surface area contributed by atoms with Crippen molar-refractivity contribution in [2.24, 2.45) is 0 Å². The molecule has 2 N–H and O–H groups in total. The molecule has 0 aliphatic carbocycles. The largest absolute Gasteiger partial charge is 0.493 e. The highest BCUT2D eigenvalue weighted by Crippen LogP contribution is 2.42. The molecule has 1 heterocycles. The van der Waals surface area contributed by atoms with Gasteiger partial charge in [-0.1, -0.05) is 30.3 Å². The average Bonchev–Trinajstić information content (AvgIpc) is 3.25. The summed E-state index contributed by atoms with van der Waals surface area (Å²) in [5, 5.41) is 12.0. The minimum atomic E-state index is -1.15. The summed E-state index contributed by atoms with van der Waals surface area (Å²) in [7, 11) is 4.47. The van der Waals surface area contributed by atoms with E-state index in [1.54, 1.807) is 36.4 Å². The van der Waals surface area contributed by atoms with Crippen LogP contribution in [0.25, 0.3) is 6.08 Å². The van der Waals surface area contributed by atoms with Gasteiger partial charge in [-0.15, -0.1) is 0 Å². The number of fused-ring (bicyclic) bond motifs is 1. The highest BCUT2D eigenvalue weighted by atomic mass is 16.5. The molecule has 3 aromatic rings. The summed E-state index contributed by atoms with van der Waals surface area (Å²) in [4.78, 5) is 36.9. The second kappa shape index (κ2) is 12.0. The van der Waals surface area contributed by atoms with E-state index in [9.17, 15) is 19.5 Å². The predicted octanol–water partition coefficient (Wildman–Crippen LogP) is 3.52. The molecule has 0 radical (unpaired) electrons. The third-order valence-corrected chi connectivity index (χ3v) is 5.95. The number of Topliss-reactive ketones (excluding diaryl/α,β-unsaturated/α-hetero) is 1. The topological polar surface area (TPSA) is 130 Å². The molecule has 0 saturated heterocycles. The summed E-state index contributed by atoms with van der Waals surface area (Å²) in [5.41, 5.74) is 1.65. The second-order valence-electron chi connectivity index (χ2n) is 8.46. The van der Waals surface area contributed by atoms with Crippen LogP contribution in [0.15, 0.2) is 66.4 Å². The van der Waals surface area contributed by atoms with Gasteiger partial charge in [0, 0.05) is 18.1 Å². The predicted molar refractivity (Wildman–Crippen MR) is 141 cm³/mol. The van der Waals surface area contributed by atoms with Crippen LogP contribution in [0.5, 0.6) is 28.7 Å². The average molecular weight is 534 g/mol. The third kappa shape index (κ3) is 6.12. The van der Waals surface area contributed by atoms with E-state index in [0.717, 1.165) is 5.56 Å². The van der Waals surface area contributed by atoms with Gasteiger partial charge in [0.15, 0.2) is 23.9 Å². The first kappa shape index (κ1) is 27.1. The van der Waals surface area contributed by atoms with Gasteiger partial charge in [0.25, 0.3) is 5.91 Å². The second-order valence-corrected chi connectivity index (χ2v) is 8.46. The Balaban J connectivity index is 1.43. The van der Waals surface area contributed by atoms with Gasteiger partial charge in [-0.25, -0.2) is 4.79 Å². The third-order valence-electron chi connectivity index (χ3n) is 5.95. The molecule has 1 atom stereocenters. The van der Waals surface area contributed by atoms with Crippen molar-refractivity contribution in [2.75, 3.05) is 27.9 Å². The number of hydrogen-bond donors (Lipinski definition) is 2. The Hall–Kier alpha value is -4.99. The molecule has 10 nitrogen and oxygen atoms in total. The van der Waals surface area contributed by atoms with Crippen LogP contribution in [-0.4, -0.2) is 56.7 Å². The molecule has 4 rings (SSSR count). The number of ether oxygens (including phenoxy) is 5. The molecule has 3 aromatic carbocycles. The van der Waals surface area contributed by atoms with E-state index in [1.807, 2.05) is 6.07 Å². The molecule has 0 bridgehead atoms. The van der Waals surface area contributed by atoms with Crippen molar-refractivity contribution >= 4 is 23.7 Å². The zero-order valence-corrected chi connectivity index (χ0v) is 21.6. The number of benzene rings is 3. The van der Waals surface area contributed by atoms with Crippen LogP contribution in [0.1, 0.15) is 21.5 Å². The van der Waals surface area contributed by atoms with Crippen molar-refractivity contribution in [3.05, 3.63) is 83.1 Å². The summed E-state index contributed by atoms with van der Waals surface area (Å²) in [6.07, 6.45) is 1.67. The number of nitrogens with one attached hydrogen (secondary N) is 1. The number of aliphatic carboxylic acids is 1. The smallest absolute Gasteiger partial charge is 0.326 e. The van der Waals surface area contributed by atoms with Crippen LogP contribution >= 0.6 is 0 Å². The number of carbonyl (C=O) groups excluding carboxylic acids is 2. The Bertz CT molecular complexity index is 1420. The van der Waals surface area contributed by atoms with Crippen molar-refractivity contribution in [1.29, 1.82) is 0 Å². The molecular formula is C29H27NO9. The molecule has 1 amide bonds. The number of amides is 1. The van der Waals surface area contributed by atoms with E-state index in [4.69, 9.17) is 23.7 Å². The van der Waals surface area contributed by atoms with Crippen LogP contribution in [-0.2, 0) is 16.0 Å². The lowest BCUT2D eigenvalue weighted by atomic mass is 10.1. The molecular weight excluding hydrogens is 506 g/mol. The van der Waals surface area contributed by atoms with Crippen molar-refractivity contribution < 1.29 is 43.2 Å². The number of methoxy groups -OCH3 is 3. The number of carboxylic acid groups (broad SMARTS) is 1. The monoisotopic (exact) mass is 533 g/mol. The van der Waals surface area contributed by atoms with E-state index < -0.39 is 24.5 Å². The number of carbonyl (C=O) groups is 3. The van der Waals surface area contributed by atoms with Gasteiger partial charge in [-0.2, -0.15) is 0 Å². The van der Waals surface area contributed by atoms with Gasteiger partial charge in [0.2, 0.25) is 11.5 Å². The summed E-state index contributed by atoms with van der Waals surface area (Å²) in [6.45, 7) is -0.420. The lowest BCUT2D eigenvalue weighted by molar-refractivity contribution is -0.142. The van der Waals surface area contributed by atoms with Crippen molar-refractivity contribution in [3.8, 4) is 28.7 Å². The van der Waals surface area contributed by atoms with E-state index in [1.165, 1.54) is 45.6 Å². The van der Waals surface area contributed by atoms with Crippen molar-refractivity contribution in [2.45, 2.75) is 12.5 Å². The molecule has 1 aliphatic heterocycles. The number of allylic oxidation sites excluding steroid dienone is 1.